The monoisotopic (exact) mass is 458 g/mol. The highest BCUT2D eigenvalue weighted by molar-refractivity contribution is 14.0. The van der Waals surface area contributed by atoms with Crippen LogP contribution in [0.5, 0.6) is 0 Å². The quantitative estimate of drug-likeness (QED) is 0.334. The van der Waals surface area contributed by atoms with E-state index in [1.54, 1.807) is 0 Å². The molecule has 0 radical (unpaired) electrons. The number of halogens is 4. The van der Waals surface area contributed by atoms with Crippen molar-refractivity contribution in [2.45, 2.75) is 25.6 Å². The van der Waals surface area contributed by atoms with Gasteiger partial charge in [-0.1, -0.05) is 30.3 Å². The number of nitrogens with zero attached hydrogens (tertiary/aromatic N) is 1. The number of guanidine groups is 1. The second-order valence-electron chi connectivity index (χ2n) is 4.80. The second-order valence-corrected chi connectivity index (χ2v) is 4.80. The summed E-state index contributed by atoms with van der Waals surface area (Å²) in [5.41, 5.74) is 0.999. The van der Waals surface area contributed by atoms with Crippen molar-refractivity contribution >= 4 is 35.8 Å². The molecule has 1 aromatic carbocycles. The Morgan fingerprint density at radius 1 is 1.08 bits per heavy atom. The Bertz CT molecular complexity index is 509. The summed E-state index contributed by atoms with van der Waals surface area (Å²) in [6.45, 7) is 0.466. The molecular formula is C15H22F3IN4O. The first-order chi connectivity index (χ1) is 10.9. The average molecular weight is 458 g/mol. The van der Waals surface area contributed by atoms with E-state index in [9.17, 15) is 18.0 Å². The second kappa shape index (κ2) is 11.9. The Morgan fingerprint density at radius 3 is 2.29 bits per heavy atom. The van der Waals surface area contributed by atoms with E-state index >= 15 is 0 Å². The van der Waals surface area contributed by atoms with Crippen LogP contribution in [0.1, 0.15) is 18.4 Å². The molecule has 0 heterocycles. The molecule has 1 aromatic rings. The van der Waals surface area contributed by atoms with Crippen LogP contribution in [0.15, 0.2) is 35.3 Å². The van der Waals surface area contributed by atoms with Crippen LogP contribution >= 0.6 is 24.0 Å². The predicted molar refractivity (Wildman–Crippen MR) is 98.4 cm³/mol. The first kappa shape index (κ1) is 22.5. The van der Waals surface area contributed by atoms with Gasteiger partial charge in [-0.25, -0.2) is 0 Å². The van der Waals surface area contributed by atoms with Crippen molar-refractivity contribution in [3.63, 3.8) is 0 Å². The fourth-order valence-corrected chi connectivity index (χ4v) is 1.72. The molecule has 0 aliphatic heterocycles. The normalized spacial score (nSPS) is 11.4. The van der Waals surface area contributed by atoms with Crippen LogP contribution in [-0.2, 0) is 11.3 Å². The average Bonchev–Trinajstić information content (AvgIpc) is 2.51. The van der Waals surface area contributed by atoms with E-state index in [2.05, 4.69) is 20.9 Å². The van der Waals surface area contributed by atoms with Gasteiger partial charge in [0.15, 0.2) is 5.96 Å². The van der Waals surface area contributed by atoms with Gasteiger partial charge in [-0.3, -0.25) is 9.79 Å². The number of amides is 1. The minimum absolute atomic E-state index is 0. The van der Waals surface area contributed by atoms with Crippen molar-refractivity contribution in [3.8, 4) is 0 Å². The summed E-state index contributed by atoms with van der Waals surface area (Å²) in [5, 5.41) is 8.11. The molecule has 1 amide bonds. The van der Waals surface area contributed by atoms with Crippen molar-refractivity contribution in [1.29, 1.82) is 0 Å². The topological polar surface area (TPSA) is 65.5 Å². The molecule has 0 aliphatic rings. The van der Waals surface area contributed by atoms with Crippen molar-refractivity contribution in [3.05, 3.63) is 35.9 Å². The highest BCUT2D eigenvalue weighted by Gasteiger charge is 2.26. The van der Waals surface area contributed by atoms with Gasteiger partial charge >= 0.3 is 6.18 Å². The molecule has 24 heavy (non-hydrogen) atoms. The van der Waals surface area contributed by atoms with Crippen LogP contribution < -0.4 is 16.0 Å². The van der Waals surface area contributed by atoms with Gasteiger partial charge in [0.1, 0.15) is 0 Å². The third-order valence-corrected chi connectivity index (χ3v) is 2.90. The lowest BCUT2D eigenvalue weighted by Crippen LogP contribution is -2.40. The van der Waals surface area contributed by atoms with Gasteiger partial charge in [0.25, 0.3) is 0 Å². The van der Waals surface area contributed by atoms with E-state index in [4.69, 9.17) is 0 Å². The SMILES string of the molecule is CN=C(NCCC(=O)NCc1ccccc1)NCCC(F)(F)F.I. The van der Waals surface area contributed by atoms with E-state index in [1.165, 1.54) is 7.05 Å². The predicted octanol–water partition coefficient (Wildman–Crippen LogP) is 2.43. The minimum atomic E-state index is -4.21. The van der Waals surface area contributed by atoms with Crippen LogP contribution in [0.2, 0.25) is 0 Å². The Kier molecular flexibility index (Phi) is 11.2. The summed E-state index contributed by atoms with van der Waals surface area (Å²) in [6.07, 6.45) is -4.94. The smallest absolute Gasteiger partial charge is 0.356 e. The molecular weight excluding hydrogens is 436 g/mol. The standard InChI is InChI=1S/C15H21F3N4O.HI/c1-19-14(21-10-8-15(16,17)18)20-9-7-13(23)22-11-12-5-3-2-4-6-12;/h2-6H,7-11H2,1H3,(H,22,23)(H2,19,20,21);1H. The van der Waals surface area contributed by atoms with Gasteiger partial charge < -0.3 is 16.0 Å². The maximum absolute atomic E-state index is 12.0. The molecule has 0 spiro atoms. The molecule has 0 aliphatic carbocycles. The highest BCUT2D eigenvalue weighted by Crippen LogP contribution is 2.17. The fourth-order valence-electron chi connectivity index (χ4n) is 1.72. The van der Waals surface area contributed by atoms with Crippen LogP contribution in [-0.4, -0.2) is 38.2 Å². The molecule has 0 unspecified atom stereocenters. The molecule has 5 nitrogen and oxygen atoms in total. The number of hydrogen-bond donors (Lipinski definition) is 3. The molecule has 0 saturated heterocycles. The summed E-state index contributed by atoms with van der Waals surface area (Å²) in [7, 11) is 1.46. The number of carbonyl (C=O) groups excluding carboxylic acids is 1. The van der Waals surface area contributed by atoms with E-state index in [0.29, 0.717) is 6.54 Å². The van der Waals surface area contributed by atoms with Gasteiger partial charge in [-0.05, 0) is 5.56 Å². The van der Waals surface area contributed by atoms with Gasteiger partial charge in [-0.2, -0.15) is 13.2 Å². The lowest BCUT2D eigenvalue weighted by Gasteiger charge is -2.12. The Labute approximate surface area is 156 Å². The Balaban J connectivity index is 0.00000529. The molecule has 0 saturated carbocycles. The van der Waals surface area contributed by atoms with Gasteiger partial charge in [-0.15, -0.1) is 24.0 Å². The summed E-state index contributed by atoms with van der Waals surface area (Å²) in [6, 6.07) is 9.49. The zero-order valence-electron chi connectivity index (χ0n) is 13.3. The first-order valence-corrected chi connectivity index (χ1v) is 7.22. The molecule has 1 rings (SSSR count). The lowest BCUT2D eigenvalue weighted by atomic mass is 10.2. The maximum atomic E-state index is 12.0. The van der Waals surface area contributed by atoms with E-state index in [1.807, 2.05) is 30.3 Å². The molecule has 0 aromatic heterocycles. The Hall–Kier alpha value is -1.52. The zero-order chi connectivity index (χ0) is 17.1. The van der Waals surface area contributed by atoms with E-state index < -0.39 is 12.6 Å². The van der Waals surface area contributed by atoms with Gasteiger partial charge in [0.05, 0.1) is 6.42 Å². The van der Waals surface area contributed by atoms with Gasteiger partial charge in [0.2, 0.25) is 5.91 Å². The van der Waals surface area contributed by atoms with Crippen molar-refractivity contribution < 1.29 is 18.0 Å². The maximum Gasteiger partial charge on any atom is 0.390 e. The summed E-state index contributed by atoms with van der Waals surface area (Å²) < 4.78 is 36.1. The van der Waals surface area contributed by atoms with Crippen LogP contribution in [0.4, 0.5) is 13.2 Å². The lowest BCUT2D eigenvalue weighted by molar-refractivity contribution is -0.132. The van der Waals surface area contributed by atoms with Crippen LogP contribution in [0, 0.1) is 0 Å². The summed E-state index contributed by atoms with van der Waals surface area (Å²) in [4.78, 5) is 15.5. The third-order valence-electron chi connectivity index (χ3n) is 2.90. The van der Waals surface area contributed by atoms with Crippen LogP contribution in [0.3, 0.4) is 0 Å². The fraction of sp³-hybridized carbons (Fsp3) is 0.467. The van der Waals surface area contributed by atoms with E-state index in [-0.39, 0.29) is 55.4 Å². The first-order valence-electron chi connectivity index (χ1n) is 7.22. The number of aliphatic imine (C=N–C) groups is 1. The molecule has 3 N–H and O–H groups in total. The number of nitrogens with one attached hydrogen (secondary N) is 3. The molecule has 0 bridgehead atoms. The van der Waals surface area contributed by atoms with Crippen molar-refractivity contribution in [2.24, 2.45) is 4.99 Å². The molecule has 0 atom stereocenters. The number of alkyl halides is 3. The summed E-state index contributed by atoms with van der Waals surface area (Å²) >= 11 is 0. The third kappa shape index (κ3) is 11.1. The zero-order valence-corrected chi connectivity index (χ0v) is 15.7. The molecule has 0 fully saturated rings. The summed E-state index contributed by atoms with van der Waals surface area (Å²) in [5.74, 6) is 0.0946. The van der Waals surface area contributed by atoms with E-state index in [0.717, 1.165) is 5.56 Å². The van der Waals surface area contributed by atoms with Crippen molar-refractivity contribution in [1.82, 2.24) is 16.0 Å². The highest BCUT2D eigenvalue weighted by atomic mass is 127. The molecule has 9 heteroatoms. The largest absolute Gasteiger partial charge is 0.390 e. The van der Waals surface area contributed by atoms with Crippen LogP contribution in [0.25, 0.3) is 0 Å². The number of carbonyl (C=O) groups is 1. The minimum Gasteiger partial charge on any atom is -0.356 e. The number of hydrogen-bond acceptors (Lipinski definition) is 2. The number of benzene rings is 1. The molecule has 136 valence electrons. The Morgan fingerprint density at radius 2 is 1.71 bits per heavy atom. The van der Waals surface area contributed by atoms with Crippen molar-refractivity contribution in [2.75, 3.05) is 20.1 Å². The number of rotatable bonds is 7. The van der Waals surface area contributed by atoms with Gasteiger partial charge in [0, 0.05) is 33.1 Å².